The van der Waals surface area contributed by atoms with E-state index in [1.54, 1.807) is 35.7 Å². The van der Waals surface area contributed by atoms with Crippen LogP contribution in [0.25, 0.3) is 0 Å². The smallest absolute Gasteiger partial charge is 0.274 e. The molecule has 4 rings (SSSR count). The number of hydrogen-bond donors (Lipinski definition) is 0. The highest BCUT2D eigenvalue weighted by Crippen LogP contribution is 2.36. The van der Waals surface area contributed by atoms with Gasteiger partial charge in [0.1, 0.15) is 6.54 Å². The number of hydrogen-bond acceptors (Lipinski definition) is 5. The van der Waals surface area contributed by atoms with E-state index in [0.29, 0.717) is 17.7 Å². The van der Waals surface area contributed by atoms with Gasteiger partial charge in [-0.05, 0) is 36.4 Å². The average Bonchev–Trinajstić information content (AvgIpc) is 3.35. The quantitative estimate of drug-likeness (QED) is 0.414. The standard InChI is InChI=1S/C21H17ClN2O4S/c22-16-9-4-3-8-15(16)19(26)23(12-17(25)18-10-5-11-29-18)24-20(27)13-6-1-2-7-14(13)21(24)28/h1-5,8-11,13-14H,6-7,12H2/t13-,14-/m1/s1. The Bertz CT molecular complexity index is 991. The summed E-state index contributed by atoms with van der Waals surface area (Å²) in [5, 5.41) is 3.75. The van der Waals surface area contributed by atoms with E-state index < -0.39 is 36.1 Å². The van der Waals surface area contributed by atoms with Gasteiger partial charge < -0.3 is 0 Å². The monoisotopic (exact) mass is 428 g/mol. The number of Topliss-reactive ketones (excluding diaryl/α,β-unsaturated/α-hetero) is 1. The van der Waals surface area contributed by atoms with E-state index >= 15 is 0 Å². The van der Waals surface area contributed by atoms with Gasteiger partial charge in [-0.15, -0.1) is 11.3 Å². The molecule has 1 aliphatic heterocycles. The lowest BCUT2D eigenvalue weighted by Gasteiger charge is -2.30. The summed E-state index contributed by atoms with van der Waals surface area (Å²) in [5.41, 5.74) is 0.127. The highest BCUT2D eigenvalue weighted by molar-refractivity contribution is 7.12. The van der Waals surface area contributed by atoms with Gasteiger partial charge >= 0.3 is 0 Å². The summed E-state index contributed by atoms with van der Waals surface area (Å²) in [5.74, 6) is -2.94. The van der Waals surface area contributed by atoms with Crippen molar-refractivity contribution < 1.29 is 19.2 Å². The lowest BCUT2D eigenvalue weighted by Crippen LogP contribution is -2.52. The van der Waals surface area contributed by atoms with Crippen LogP contribution in [0.15, 0.2) is 53.9 Å². The first kappa shape index (κ1) is 19.5. The van der Waals surface area contributed by atoms with E-state index in [1.807, 2.05) is 12.2 Å². The largest absolute Gasteiger partial charge is 0.291 e. The summed E-state index contributed by atoms with van der Waals surface area (Å²) in [6.45, 7) is -0.422. The molecule has 1 aromatic carbocycles. The Balaban J connectivity index is 1.71. The van der Waals surface area contributed by atoms with Crippen molar-refractivity contribution in [2.24, 2.45) is 11.8 Å². The van der Waals surface area contributed by atoms with Crippen LogP contribution < -0.4 is 0 Å². The van der Waals surface area contributed by atoms with Gasteiger partial charge in [-0.25, -0.2) is 5.01 Å². The molecule has 8 heteroatoms. The molecule has 1 aromatic heterocycles. The van der Waals surface area contributed by atoms with E-state index in [1.165, 1.54) is 17.4 Å². The molecule has 0 bridgehead atoms. The van der Waals surface area contributed by atoms with Crippen molar-refractivity contribution in [1.82, 2.24) is 10.0 Å². The van der Waals surface area contributed by atoms with Crippen LogP contribution in [0, 0.1) is 11.8 Å². The number of fused-ring (bicyclic) bond motifs is 1. The summed E-state index contributed by atoms with van der Waals surface area (Å²) in [6, 6.07) is 9.73. The maximum atomic E-state index is 13.3. The third kappa shape index (κ3) is 3.52. The van der Waals surface area contributed by atoms with E-state index in [4.69, 9.17) is 11.6 Å². The van der Waals surface area contributed by atoms with E-state index in [-0.39, 0.29) is 16.4 Å². The van der Waals surface area contributed by atoms with Crippen LogP contribution in [-0.4, -0.2) is 40.1 Å². The minimum absolute atomic E-state index is 0.127. The van der Waals surface area contributed by atoms with Gasteiger partial charge in [0, 0.05) is 0 Å². The minimum atomic E-state index is -0.659. The molecule has 3 amide bonds. The predicted octanol–water partition coefficient (Wildman–Crippen LogP) is 3.59. The molecule has 1 fully saturated rings. The number of hydrazine groups is 1. The molecule has 29 heavy (non-hydrogen) atoms. The number of carbonyl (C=O) groups is 4. The van der Waals surface area contributed by atoms with Crippen molar-refractivity contribution in [2.75, 3.05) is 6.54 Å². The van der Waals surface area contributed by atoms with Crippen molar-refractivity contribution in [3.63, 3.8) is 0 Å². The molecule has 2 aromatic rings. The van der Waals surface area contributed by atoms with Crippen LogP contribution in [-0.2, 0) is 9.59 Å². The maximum Gasteiger partial charge on any atom is 0.274 e. The minimum Gasteiger partial charge on any atom is -0.291 e. The zero-order valence-electron chi connectivity index (χ0n) is 15.3. The number of amides is 3. The number of halogens is 1. The van der Waals surface area contributed by atoms with Crippen LogP contribution in [0.5, 0.6) is 0 Å². The van der Waals surface area contributed by atoms with Gasteiger partial charge in [-0.2, -0.15) is 5.01 Å². The molecule has 6 nitrogen and oxygen atoms in total. The third-order valence-corrected chi connectivity index (χ3v) is 6.39. The van der Waals surface area contributed by atoms with Crippen LogP contribution in [0.4, 0.5) is 0 Å². The van der Waals surface area contributed by atoms with Crippen molar-refractivity contribution in [3.05, 3.63) is 69.4 Å². The highest BCUT2D eigenvalue weighted by Gasteiger charge is 2.51. The zero-order valence-corrected chi connectivity index (χ0v) is 16.9. The molecule has 2 aliphatic rings. The predicted molar refractivity (Wildman–Crippen MR) is 108 cm³/mol. The van der Waals surface area contributed by atoms with Crippen molar-refractivity contribution in [2.45, 2.75) is 12.8 Å². The summed E-state index contributed by atoms with van der Waals surface area (Å²) in [4.78, 5) is 52.5. The maximum absolute atomic E-state index is 13.3. The fourth-order valence-corrected chi connectivity index (χ4v) is 4.55. The molecule has 2 heterocycles. The lowest BCUT2D eigenvalue weighted by molar-refractivity contribution is -0.154. The van der Waals surface area contributed by atoms with Crippen LogP contribution in [0.3, 0.4) is 0 Å². The SMILES string of the molecule is O=C(CN(C(=O)c1ccccc1Cl)N1C(=O)[C@@H]2CC=CC[C@H]2C1=O)c1cccs1. The molecule has 0 radical (unpaired) electrons. The fourth-order valence-electron chi connectivity index (χ4n) is 3.68. The van der Waals surface area contributed by atoms with Crippen molar-refractivity contribution >= 4 is 46.4 Å². The Labute approximate surface area is 176 Å². The molecular formula is C21H17ClN2O4S. The van der Waals surface area contributed by atoms with Gasteiger partial charge in [0.2, 0.25) is 0 Å². The Kier molecular flexibility index (Phi) is 5.34. The first-order chi connectivity index (χ1) is 14.0. The van der Waals surface area contributed by atoms with Crippen LogP contribution in [0.1, 0.15) is 32.9 Å². The molecule has 2 atom stereocenters. The van der Waals surface area contributed by atoms with Crippen LogP contribution in [0.2, 0.25) is 5.02 Å². The first-order valence-electron chi connectivity index (χ1n) is 9.15. The number of imide groups is 1. The number of allylic oxidation sites excluding steroid dienone is 2. The Morgan fingerprint density at radius 2 is 1.69 bits per heavy atom. The van der Waals surface area contributed by atoms with E-state index in [9.17, 15) is 19.2 Å². The Morgan fingerprint density at radius 3 is 2.28 bits per heavy atom. The molecule has 148 valence electrons. The second-order valence-electron chi connectivity index (χ2n) is 6.89. The molecular weight excluding hydrogens is 412 g/mol. The van der Waals surface area contributed by atoms with Crippen molar-refractivity contribution in [3.8, 4) is 0 Å². The fraction of sp³-hybridized carbons (Fsp3) is 0.238. The number of nitrogens with zero attached hydrogens (tertiary/aromatic N) is 2. The summed E-state index contributed by atoms with van der Waals surface area (Å²) >= 11 is 7.41. The third-order valence-electron chi connectivity index (χ3n) is 5.15. The number of benzene rings is 1. The molecule has 1 aliphatic carbocycles. The Morgan fingerprint density at radius 1 is 1.03 bits per heavy atom. The number of thiophene rings is 1. The number of rotatable bonds is 5. The van der Waals surface area contributed by atoms with E-state index in [2.05, 4.69) is 0 Å². The molecule has 0 unspecified atom stereocenters. The van der Waals surface area contributed by atoms with Gasteiger partial charge in [0.25, 0.3) is 17.7 Å². The second-order valence-corrected chi connectivity index (χ2v) is 8.24. The molecule has 0 N–H and O–H groups in total. The number of ketones is 1. The normalized spacial score (nSPS) is 20.7. The summed E-state index contributed by atoms with van der Waals surface area (Å²) in [6.07, 6.45) is 4.62. The zero-order chi connectivity index (χ0) is 20.5. The van der Waals surface area contributed by atoms with Gasteiger partial charge in [-0.3, -0.25) is 19.2 Å². The van der Waals surface area contributed by atoms with Gasteiger partial charge in [-0.1, -0.05) is 42.0 Å². The summed E-state index contributed by atoms with van der Waals surface area (Å²) in [7, 11) is 0. The van der Waals surface area contributed by atoms with E-state index in [0.717, 1.165) is 10.0 Å². The first-order valence-corrected chi connectivity index (χ1v) is 10.4. The average molecular weight is 429 g/mol. The molecule has 0 spiro atoms. The molecule has 0 saturated carbocycles. The lowest BCUT2D eigenvalue weighted by atomic mass is 9.85. The highest BCUT2D eigenvalue weighted by atomic mass is 35.5. The number of carbonyl (C=O) groups excluding carboxylic acids is 4. The van der Waals surface area contributed by atoms with Gasteiger partial charge in [0.05, 0.1) is 27.3 Å². The second kappa shape index (κ2) is 7.93. The molecule has 1 saturated heterocycles. The summed E-state index contributed by atoms with van der Waals surface area (Å²) < 4.78 is 0. The van der Waals surface area contributed by atoms with Crippen LogP contribution >= 0.6 is 22.9 Å². The van der Waals surface area contributed by atoms with Gasteiger partial charge in [0.15, 0.2) is 5.78 Å². The topological polar surface area (TPSA) is 74.8 Å². The Hall–Kier alpha value is -2.77. The van der Waals surface area contributed by atoms with Crippen molar-refractivity contribution in [1.29, 1.82) is 0 Å².